The number of hydrogen-bond donors (Lipinski definition) is 2. The lowest BCUT2D eigenvalue weighted by Gasteiger charge is -2.27. The Balaban J connectivity index is 1.95. The second kappa shape index (κ2) is 14.1. The van der Waals surface area contributed by atoms with Crippen LogP contribution < -0.4 is 0 Å². The van der Waals surface area contributed by atoms with Crippen molar-refractivity contribution in [1.29, 1.82) is 0 Å². The first kappa shape index (κ1) is 25.2. The normalized spacial score (nSPS) is 27.4. The summed E-state index contributed by atoms with van der Waals surface area (Å²) in [6, 6.07) is 0. The summed E-state index contributed by atoms with van der Waals surface area (Å²) in [7, 11) is -0.108. The number of carboxylic acids is 1. The van der Waals surface area contributed by atoms with E-state index in [0.29, 0.717) is 12.3 Å². The first-order chi connectivity index (χ1) is 14.5. The summed E-state index contributed by atoms with van der Waals surface area (Å²) in [4.78, 5) is 10.6. The lowest BCUT2D eigenvalue weighted by atomic mass is 9.80. The summed E-state index contributed by atoms with van der Waals surface area (Å²) in [6.07, 6.45) is 19.3. The fraction of sp³-hybridized carbons (Fsp3) is 0.792. The highest BCUT2D eigenvalue weighted by molar-refractivity contribution is 6.44. The van der Waals surface area contributed by atoms with Crippen LogP contribution in [0.15, 0.2) is 24.3 Å². The number of aliphatic carboxylic acids is 1. The number of aliphatic hydroxyl groups is 1. The Morgan fingerprint density at radius 3 is 2.60 bits per heavy atom. The fourth-order valence-electron chi connectivity index (χ4n) is 4.59. The van der Waals surface area contributed by atoms with Gasteiger partial charge in [0.15, 0.2) is 0 Å². The van der Waals surface area contributed by atoms with E-state index in [-0.39, 0.29) is 37.8 Å². The second-order valence-corrected chi connectivity index (χ2v) is 8.84. The van der Waals surface area contributed by atoms with Crippen molar-refractivity contribution in [3.8, 4) is 0 Å². The van der Waals surface area contributed by atoms with Crippen LogP contribution in [0.2, 0.25) is 6.32 Å². The molecule has 0 aromatic carbocycles. The van der Waals surface area contributed by atoms with Gasteiger partial charge in [-0.3, -0.25) is 4.79 Å². The van der Waals surface area contributed by atoms with Gasteiger partial charge in [-0.25, -0.2) is 0 Å². The van der Waals surface area contributed by atoms with Crippen molar-refractivity contribution in [2.75, 3.05) is 0 Å². The highest BCUT2D eigenvalue weighted by Gasteiger charge is 2.49. The molecule has 170 valence electrons. The maximum absolute atomic E-state index is 10.6. The summed E-state index contributed by atoms with van der Waals surface area (Å²) >= 11 is 0. The molecule has 30 heavy (non-hydrogen) atoms. The quantitative estimate of drug-likeness (QED) is 0.211. The summed E-state index contributed by atoms with van der Waals surface area (Å²) in [5.41, 5.74) is 0. The van der Waals surface area contributed by atoms with Gasteiger partial charge in [-0.2, -0.15) is 0 Å². The van der Waals surface area contributed by atoms with Crippen LogP contribution in [-0.2, 0) is 14.1 Å². The van der Waals surface area contributed by atoms with Gasteiger partial charge < -0.3 is 19.5 Å². The molecule has 2 N–H and O–H groups in total. The van der Waals surface area contributed by atoms with Gasteiger partial charge in [0, 0.05) is 18.4 Å². The second-order valence-electron chi connectivity index (χ2n) is 8.84. The maximum Gasteiger partial charge on any atom is 0.457 e. The Morgan fingerprint density at radius 1 is 1.10 bits per heavy atom. The van der Waals surface area contributed by atoms with Crippen LogP contribution in [-0.4, -0.2) is 41.6 Å². The van der Waals surface area contributed by atoms with E-state index in [2.05, 4.69) is 32.1 Å². The molecule has 1 heterocycles. The Kier molecular flexibility index (Phi) is 11.8. The molecule has 6 heteroatoms. The first-order valence-corrected chi connectivity index (χ1v) is 12.1. The molecular weight excluding hydrogens is 379 g/mol. The van der Waals surface area contributed by atoms with Gasteiger partial charge >= 0.3 is 13.1 Å². The van der Waals surface area contributed by atoms with Crippen LogP contribution in [0.5, 0.6) is 0 Å². The molecule has 0 amide bonds. The van der Waals surface area contributed by atoms with Crippen LogP contribution in [0.3, 0.4) is 0 Å². The lowest BCUT2D eigenvalue weighted by molar-refractivity contribution is -0.137. The monoisotopic (exact) mass is 420 g/mol. The molecular formula is C24H41BO5. The molecule has 0 aromatic rings. The van der Waals surface area contributed by atoms with Crippen LogP contribution in [0.25, 0.3) is 0 Å². The number of fused-ring (bicyclic) bond motifs is 2. The Labute approximate surface area is 183 Å². The van der Waals surface area contributed by atoms with Crippen molar-refractivity contribution < 1.29 is 24.3 Å². The number of allylic oxidation sites excluding steroid dienone is 2. The van der Waals surface area contributed by atoms with E-state index in [9.17, 15) is 9.90 Å². The number of unbranched alkanes of at least 4 members (excludes halogenated alkanes) is 4. The number of aliphatic hydroxyl groups excluding tert-OH is 1. The fourth-order valence-corrected chi connectivity index (χ4v) is 4.59. The van der Waals surface area contributed by atoms with Crippen molar-refractivity contribution in [2.24, 2.45) is 11.8 Å². The predicted octanol–water partition coefficient (Wildman–Crippen LogP) is 5.39. The average molecular weight is 420 g/mol. The molecule has 1 saturated heterocycles. The molecule has 2 fully saturated rings. The molecule has 0 spiro atoms. The zero-order valence-electron chi connectivity index (χ0n) is 18.9. The highest BCUT2D eigenvalue weighted by Crippen LogP contribution is 2.44. The maximum atomic E-state index is 10.6. The predicted molar refractivity (Wildman–Crippen MR) is 121 cm³/mol. The summed E-state index contributed by atoms with van der Waals surface area (Å²) < 4.78 is 12.6. The summed E-state index contributed by atoms with van der Waals surface area (Å²) in [5, 5.41) is 19.1. The zero-order valence-corrected chi connectivity index (χ0v) is 18.9. The van der Waals surface area contributed by atoms with Gasteiger partial charge in [-0.15, -0.1) is 0 Å². The van der Waals surface area contributed by atoms with E-state index in [1.165, 1.54) is 0 Å². The highest BCUT2D eigenvalue weighted by atomic mass is 16.6. The third-order valence-corrected chi connectivity index (χ3v) is 6.31. The van der Waals surface area contributed by atoms with Crippen molar-refractivity contribution in [3.63, 3.8) is 0 Å². The molecule has 0 radical (unpaired) electrons. The standard InChI is InChI=1S/C24H41BO5/c1-3-5-9-12-19(26)15-16-21-20(13-10-7-8-11-14-24(27)28)22-18-23(21)30-25(29-22)17-6-4-2/h7,10,15-16,19-23,26H,3-6,8-9,11-14,17-18H2,1-2H3,(H,27,28)/b10-7-,16-15+/t19-,20+,21+,22-,23+/m0/s1. The van der Waals surface area contributed by atoms with Gasteiger partial charge in [-0.1, -0.05) is 70.3 Å². The topological polar surface area (TPSA) is 76.0 Å². The molecule has 1 saturated carbocycles. The third kappa shape index (κ3) is 8.56. The molecule has 0 aromatic heterocycles. The van der Waals surface area contributed by atoms with E-state index >= 15 is 0 Å². The molecule has 1 aliphatic heterocycles. The lowest BCUT2D eigenvalue weighted by Crippen LogP contribution is -2.37. The van der Waals surface area contributed by atoms with Crippen LogP contribution >= 0.6 is 0 Å². The van der Waals surface area contributed by atoms with Crippen molar-refractivity contribution in [1.82, 2.24) is 0 Å². The minimum Gasteiger partial charge on any atom is -0.481 e. The first-order valence-electron chi connectivity index (χ1n) is 12.1. The van der Waals surface area contributed by atoms with Crippen LogP contribution in [0.4, 0.5) is 0 Å². The summed E-state index contributed by atoms with van der Waals surface area (Å²) in [6.45, 7) is 4.36. The van der Waals surface area contributed by atoms with Crippen molar-refractivity contribution in [3.05, 3.63) is 24.3 Å². The minimum atomic E-state index is -0.737. The number of hydrogen-bond acceptors (Lipinski definition) is 4. The molecule has 0 unspecified atom stereocenters. The molecule has 2 aliphatic rings. The Hall–Kier alpha value is -1.11. The minimum absolute atomic E-state index is 0.108. The number of carbonyl (C=O) groups is 1. The smallest absolute Gasteiger partial charge is 0.457 e. The van der Waals surface area contributed by atoms with Gasteiger partial charge in [-0.05, 0) is 44.3 Å². The zero-order chi connectivity index (χ0) is 21.8. The van der Waals surface area contributed by atoms with E-state index in [1.807, 2.05) is 6.08 Å². The molecule has 1 aliphatic carbocycles. The van der Waals surface area contributed by atoms with Crippen LogP contribution in [0.1, 0.15) is 84.5 Å². The number of carboxylic acid groups (broad SMARTS) is 1. The third-order valence-electron chi connectivity index (χ3n) is 6.31. The van der Waals surface area contributed by atoms with E-state index in [1.54, 1.807) is 0 Å². The van der Waals surface area contributed by atoms with Gasteiger partial charge in [0.25, 0.3) is 0 Å². The number of rotatable bonds is 15. The van der Waals surface area contributed by atoms with E-state index in [0.717, 1.165) is 64.1 Å². The van der Waals surface area contributed by atoms with E-state index in [4.69, 9.17) is 14.4 Å². The van der Waals surface area contributed by atoms with Crippen molar-refractivity contribution in [2.45, 2.75) is 109 Å². The van der Waals surface area contributed by atoms with E-state index < -0.39 is 5.97 Å². The molecule has 2 rings (SSSR count). The largest absolute Gasteiger partial charge is 0.481 e. The SMILES string of the molecule is CCCCC[C@H](O)/C=C/[C@@H]1[C@@H](C/C=C\CCCC(=O)O)[C@@H]2C[C@H]1OB(CCCC)O2. The average Bonchev–Trinajstić information content (AvgIpc) is 2.96. The van der Waals surface area contributed by atoms with Gasteiger partial charge in [0.05, 0.1) is 12.2 Å². The molecule has 5 nitrogen and oxygen atoms in total. The summed E-state index contributed by atoms with van der Waals surface area (Å²) in [5.74, 6) is -0.137. The van der Waals surface area contributed by atoms with Gasteiger partial charge in [0.2, 0.25) is 0 Å². The Morgan fingerprint density at radius 2 is 1.87 bits per heavy atom. The Bertz CT molecular complexity index is 550. The van der Waals surface area contributed by atoms with Gasteiger partial charge in [0.1, 0.15) is 0 Å². The van der Waals surface area contributed by atoms with Crippen molar-refractivity contribution >= 4 is 13.1 Å². The molecule has 2 bridgehead atoms. The van der Waals surface area contributed by atoms with Crippen LogP contribution in [0, 0.1) is 11.8 Å². The molecule has 5 atom stereocenters.